The molecule has 6 unspecified atom stereocenters. The van der Waals surface area contributed by atoms with E-state index < -0.39 is 0 Å². The molecule has 15 heavy (non-hydrogen) atoms. The van der Waals surface area contributed by atoms with Crippen LogP contribution < -0.4 is 0 Å². The minimum atomic E-state index is 0.742. The van der Waals surface area contributed by atoms with Gasteiger partial charge in [-0.05, 0) is 66.6 Å². The van der Waals surface area contributed by atoms with E-state index in [1.807, 2.05) is 0 Å². The third kappa shape index (κ3) is 1.26. The molecule has 0 radical (unpaired) electrons. The zero-order valence-corrected chi connectivity index (χ0v) is 10.8. The molecule has 0 spiro atoms. The summed E-state index contributed by atoms with van der Waals surface area (Å²) in [7, 11) is 0. The average molecular weight is 206 g/mol. The quantitative estimate of drug-likeness (QED) is 0.630. The van der Waals surface area contributed by atoms with Gasteiger partial charge in [0.1, 0.15) is 0 Å². The Labute approximate surface area is 94.8 Å². The molecule has 0 N–H and O–H groups in total. The molecule has 0 nitrogen and oxygen atoms in total. The first-order valence-corrected chi connectivity index (χ1v) is 7.04. The Hall–Kier alpha value is 0. The van der Waals surface area contributed by atoms with Crippen LogP contribution in [0.25, 0.3) is 0 Å². The van der Waals surface area contributed by atoms with E-state index in [1.165, 1.54) is 6.42 Å². The predicted molar refractivity (Wildman–Crippen MR) is 64.5 cm³/mol. The Morgan fingerprint density at radius 1 is 1.20 bits per heavy atom. The Morgan fingerprint density at radius 3 is 2.27 bits per heavy atom. The van der Waals surface area contributed by atoms with E-state index in [-0.39, 0.29) is 0 Å². The van der Waals surface area contributed by atoms with E-state index in [1.54, 1.807) is 19.3 Å². The van der Waals surface area contributed by atoms with Crippen molar-refractivity contribution >= 4 is 0 Å². The number of fused-ring (bicyclic) bond motifs is 1. The van der Waals surface area contributed by atoms with Gasteiger partial charge in [-0.1, -0.05) is 27.7 Å². The lowest BCUT2D eigenvalue weighted by Gasteiger charge is -2.38. The highest BCUT2D eigenvalue weighted by Crippen LogP contribution is 2.68. The molecule has 86 valence electrons. The van der Waals surface area contributed by atoms with Gasteiger partial charge in [0, 0.05) is 0 Å². The standard InChI is InChI=1S/C15H26/c1-9(2)14-12-6-5-11(12)7-13(14)15(4)8-10(15)3/h9-14H,5-8H2,1-4H3. The van der Waals surface area contributed by atoms with Crippen LogP contribution in [0.3, 0.4) is 0 Å². The van der Waals surface area contributed by atoms with Crippen LogP contribution in [0.4, 0.5) is 0 Å². The SMILES string of the molecule is CC(C)C1C2CCC2CC1C1(C)CC1C. The first-order valence-electron chi connectivity index (χ1n) is 7.04. The number of rotatable bonds is 2. The Balaban J connectivity index is 1.82. The molecule has 0 heterocycles. The molecule has 3 aliphatic carbocycles. The van der Waals surface area contributed by atoms with Crippen molar-refractivity contribution in [2.24, 2.45) is 40.9 Å². The van der Waals surface area contributed by atoms with E-state index in [2.05, 4.69) is 27.7 Å². The van der Waals surface area contributed by atoms with E-state index in [9.17, 15) is 0 Å². The molecule has 6 atom stereocenters. The van der Waals surface area contributed by atoms with E-state index in [0.29, 0.717) is 0 Å². The zero-order valence-electron chi connectivity index (χ0n) is 10.8. The predicted octanol–water partition coefficient (Wildman–Crippen LogP) is 4.35. The van der Waals surface area contributed by atoms with Crippen LogP contribution in [0, 0.1) is 40.9 Å². The van der Waals surface area contributed by atoms with Crippen LogP contribution in [-0.2, 0) is 0 Å². The number of hydrogen-bond donors (Lipinski definition) is 0. The van der Waals surface area contributed by atoms with E-state index in [0.717, 1.165) is 40.9 Å². The summed E-state index contributed by atoms with van der Waals surface area (Å²) in [5.74, 6) is 6.34. The fraction of sp³-hybridized carbons (Fsp3) is 1.00. The first kappa shape index (κ1) is 10.2. The molecule has 3 fully saturated rings. The highest BCUT2D eigenvalue weighted by Gasteiger charge is 2.61. The van der Waals surface area contributed by atoms with Crippen LogP contribution in [0.2, 0.25) is 0 Å². The molecule has 3 saturated carbocycles. The van der Waals surface area contributed by atoms with Gasteiger partial charge in [0.05, 0.1) is 0 Å². The minimum absolute atomic E-state index is 0.742. The molecular formula is C15H26. The maximum absolute atomic E-state index is 2.57. The van der Waals surface area contributed by atoms with Gasteiger partial charge < -0.3 is 0 Å². The van der Waals surface area contributed by atoms with Gasteiger partial charge in [-0.2, -0.15) is 0 Å². The fourth-order valence-corrected chi connectivity index (χ4v) is 4.96. The molecule has 0 saturated heterocycles. The minimum Gasteiger partial charge on any atom is -0.0625 e. The van der Waals surface area contributed by atoms with Gasteiger partial charge in [0.25, 0.3) is 0 Å². The summed E-state index contributed by atoms with van der Waals surface area (Å²) in [6, 6.07) is 0. The van der Waals surface area contributed by atoms with Crippen LogP contribution in [0.5, 0.6) is 0 Å². The molecule has 0 aromatic carbocycles. The fourth-order valence-electron chi connectivity index (χ4n) is 4.96. The highest BCUT2D eigenvalue weighted by atomic mass is 14.7. The van der Waals surface area contributed by atoms with Crippen LogP contribution in [0.1, 0.15) is 53.4 Å². The topological polar surface area (TPSA) is 0 Å². The van der Waals surface area contributed by atoms with Crippen molar-refractivity contribution in [3.05, 3.63) is 0 Å². The zero-order chi connectivity index (χ0) is 10.8. The van der Waals surface area contributed by atoms with Gasteiger partial charge in [-0.3, -0.25) is 0 Å². The summed E-state index contributed by atoms with van der Waals surface area (Å²) in [6.07, 6.45) is 6.19. The third-order valence-electron chi connectivity index (χ3n) is 6.32. The second-order valence-electron chi connectivity index (χ2n) is 7.28. The average Bonchev–Trinajstić information content (AvgIpc) is 2.60. The van der Waals surface area contributed by atoms with Crippen molar-refractivity contribution in [1.29, 1.82) is 0 Å². The molecule has 0 amide bonds. The van der Waals surface area contributed by atoms with E-state index >= 15 is 0 Å². The summed E-state index contributed by atoms with van der Waals surface area (Å²) >= 11 is 0. The summed E-state index contributed by atoms with van der Waals surface area (Å²) in [6.45, 7) is 9.98. The molecule has 0 aromatic rings. The molecule has 0 heteroatoms. The lowest BCUT2D eigenvalue weighted by atomic mass is 9.68. The summed E-state index contributed by atoms with van der Waals surface area (Å²) in [5, 5.41) is 0. The second kappa shape index (κ2) is 3.02. The van der Waals surface area contributed by atoms with Crippen LogP contribution >= 0.6 is 0 Å². The van der Waals surface area contributed by atoms with Crippen molar-refractivity contribution in [3.8, 4) is 0 Å². The second-order valence-corrected chi connectivity index (χ2v) is 7.28. The van der Waals surface area contributed by atoms with Crippen molar-refractivity contribution in [3.63, 3.8) is 0 Å². The normalized spacial score (nSPS) is 57.8. The first-order chi connectivity index (χ1) is 7.04. The van der Waals surface area contributed by atoms with Gasteiger partial charge >= 0.3 is 0 Å². The summed E-state index contributed by atoms with van der Waals surface area (Å²) < 4.78 is 0. The van der Waals surface area contributed by atoms with Gasteiger partial charge in [0.2, 0.25) is 0 Å². The van der Waals surface area contributed by atoms with Crippen molar-refractivity contribution in [1.82, 2.24) is 0 Å². The molecular weight excluding hydrogens is 180 g/mol. The van der Waals surface area contributed by atoms with E-state index in [4.69, 9.17) is 0 Å². The third-order valence-corrected chi connectivity index (χ3v) is 6.32. The van der Waals surface area contributed by atoms with Gasteiger partial charge in [-0.15, -0.1) is 0 Å². The molecule has 0 aliphatic heterocycles. The summed E-state index contributed by atoms with van der Waals surface area (Å²) in [5.41, 5.74) is 0.742. The smallest absolute Gasteiger partial charge is 0.0266 e. The number of hydrogen-bond acceptors (Lipinski definition) is 0. The van der Waals surface area contributed by atoms with Crippen LogP contribution in [0.15, 0.2) is 0 Å². The Bertz CT molecular complexity index is 267. The van der Waals surface area contributed by atoms with Crippen molar-refractivity contribution in [2.45, 2.75) is 53.4 Å². The van der Waals surface area contributed by atoms with Crippen molar-refractivity contribution < 1.29 is 0 Å². The Kier molecular flexibility index (Phi) is 2.05. The van der Waals surface area contributed by atoms with Crippen LogP contribution in [-0.4, -0.2) is 0 Å². The maximum atomic E-state index is 2.57. The molecule has 3 aliphatic rings. The maximum Gasteiger partial charge on any atom is -0.0266 e. The molecule has 0 bridgehead atoms. The summed E-state index contributed by atoms with van der Waals surface area (Å²) in [4.78, 5) is 0. The highest BCUT2D eigenvalue weighted by molar-refractivity contribution is 5.10. The van der Waals surface area contributed by atoms with Gasteiger partial charge in [0.15, 0.2) is 0 Å². The largest absolute Gasteiger partial charge is 0.0625 e. The molecule has 0 aromatic heterocycles. The van der Waals surface area contributed by atoms with Gasteiger partial charge in [-0.25, -0.2) is 0 Å². The lowest BCUT2D eigenvalue weighted by molar-refractivity contribution is 0.112. The monoisotopic (exact) mass is 206 g/mol. The Morgan fingerprint density at radius 2 is 1.87 bits per heavy atom. The molecule has 3 rings (SSSR count). The van der Waals surface area contributed by atoms with Crippen molar-refractivity contribution in [2.75, 3.05) is 0 Å². The lowest BCUT2D eigenvalue weighted by Crippen LogP contribution is -2.31.